The van der Waals surface area contributed by atoms with E-state index in [0.29, 0.717) is 29.2 Å². The zero-order valence-electron chi connectivity index (χ0n) is 22.2. The molecule has 0 heterocycles. The highest BCUT2D eigenvalue weighted by Crippen LogP contribution is 2.28. The molecule has 12 heteroatoms. The maximum absolute atomic E-state index is 13.7. The second-order valence-corrected chi connectivity index (χ2v) is 11.5. The molecule has 0 radical (unpaired) electrons. The van der Waals surface area contributed by atoms with E-state index in [1.807, 2.05) is 0 Å². The molecule has 1 atom stereocenters. The predicted molar refractivity (Wildman–Crippen MR) is 148 cm³/mol. The average Bonchev–Trinajstić information content (AvgIpc) is 2.87. The number of methoxy groups -OCH3 is 1. The van der Waals surface area contributed by atoms with E-state index in [0.717, 1.165) is 31.9 Å². The third-order valence-corrected chi connectivity index (χ3v) is 7.03. The first-order valence-electron chi connectivity index (χ1n) is 12.8. The molecule has 5 N–H and O–H groups in total. The summed E-state index contributed by atoms with van der Waals surface area (Å²) in [6, 6.07) is 10.00. The molecule has 10 nitrogen and oxygen atoms in total. The van der Waals surface area contributed by atoms with Gasteiger partial charge in [-0.15, -0.1) is 0 Å². The Kier molecular flexibility index (Phi) is 10.7. The van der Waals surface area contributed by atoms with Crippen LogP contribution in [0.3, 0.4) is 0 Å². The number of ether oxygens (including phenoxy) is 1. The highest BCUT2D eigenvalue weighted by atomic mass is 32.2. The molecule has 39 heavy (non-hydrogen) atoms. The Bertz CT molecular complexity index is 1300. The predicted octanol–water partition coefficient (Wildman–Crippen LogP) is 2.83. The monoisotopic (exact) mass is 561 g/mol. The Labute approximate surface area is 228 Å². The molecule has 1 fully saturated rings. The molecule has 0 aromatic heterocycles. The van der Waals surface area contributed by atoms with Crippen LogP contribution in [0.1, 0.15) is 49.7 Å². The largest absolute Gasteiger partial charge is 0.494 e. The Morgan fingerprint density at radius 3 is 2.56 bits per heavy atom. The molecule has 0 bridgehead atoms. The van der Waals surface area contributed by atoms with Crippen LogP contribution in [0.4, 0.5) is 10.1 Å². The number of aliphatic imine (C=N–C) groups is 1. The van der Waals surface area contributed by atoms with E-state index < -0.39 is 27.8 Å². The lowest BCUT2D eigenvalue weighted by Gasteiger charge is -2.24. The lowest BCUT2D eigenvalue weighted by atomic mass is 9.84. The molecule has 3 rings (SSSR count). The minimum absolute atomic E-state index is 0.0681. The number of sulfonamides is 1. The van der Waals surface area contributed by atoms with Crippen LogP contribution in [-0.4, -0.2) is 45.6 Å². The molecule has 1 aliphatic rings. The molecule has 0 aliphatic heterocycles. The third kappa shape index (κ3) is 10.2. The van der Waals surface area contributed by atoms with Crippen molar-refractivity contribution in [1.29, 1.82) is 0 Å². The molecule has 2 aromatic rings. The van der Waals surface area contributed by atoms with Gasteiger partial charge in [0.25, 0.3) is 0 Å². The number of carbonyl (C=O) groups excluding carboxylic acids is 2. The minimum atomic E-state index is -3.45. The van der Waals surface area contributed by atoms with Crippen molar-refractivity contribution in [3.63, 3.8) is 0 Å². The van der Waals surface area contributed by atoms with Gasteiger partial charge in [-0.2, -0.15) is 0 Å². The lowest BCUT2D eigenvalue weighted by molar-refractivity contribution is -0.123. The summed E-state index contributed by atoms with van der Waals surface area (Å²) in [7, 11) is -2.08. The summed E-state index contributed by atoms with van der Waals surface area (Å²) in [5.41, 5.74) is 7.61. The zero-order valence-corrected chi connectivity index (χ0v) is 23.0. The number of halogens is 1. The van der Waals surface area contributed by atoms with Gasteiger partial charge in [0, 0.05) is 12.2 Å². The van der Waals surface area contributed by atoms with E-state index in [-0.39, 0.29) is 30.6 Å². The van der Waals surface area contributed by atoms with Crippen LogP contribution in [0.15, 0.2) is 47.5 Å². The first-order chi connectivity index (χ1) is 18.5. The van der Waals surface area contributed by atoms with Crippen molar-refractivity contribution >= 4 is 33.5 Å². The SMILES string of the molecule is COc1cc(CNC(=O)C(CC2CCCCC2)N=C(N)NC(=O)Cc2cccc(NS(C)(=O)=O)c2)ccc1F. The standard InChI is InChI=1S/C27H36FN5O5S/c1-38-24-15-20(11-12-22(24)28)17-30-26(35)23(14-18-7-4-3-5-8-18)31-27(29)32-25(34)16-19-9-6-10-21(13-19)33-39(2,36)37/h6,9-13,15,18,23,33H,3-5,7-8,14,16-17H2,1-2H3,(H,30,35)(H3,29,31,32,34). The number of nitrogens with two attached hydrogens (primary N) is 1. The molecule has 2 aromatic carbocycles. The van der Waals surface area contributed by atoms with Crippen LogP contribution in [0.25, 0.3) is 0 Å². The number of benzene rings is 2. The smallest absolute Gasteiger partial charge is 0.245 e. The molecule has 212 valence electrons. The summed E-state index contributed by atoms with van der Waals surface area (Å²) in [6.07, 6.45) is 6.82. The fraction of sp³-hybridized carbons (Fsp3) is 0.444. The van der Waals surface area contributed by atoms with E-state index in [2.05, 4.69) is 20.3 Å². The fourth-order valence-corrected chi connectivity index (χ4v) is 5.16. The first-order valence-corrected chi connectivity index (χ1v) is 14.7. The molecular weight excluding hydrogens is 525 g/mol. The highest BCUT2D eigenvalue weighted by molar-refractivity contribution is 7.92. The molecule has 2 amide bonds. The molecule has 1 unspecified atom stereocenters. The molecule has 0 saturated heterocycles. The fourth-order valence-electron chi connectivity index (χ4n) is 4.61. The average molecular weight is 562 g/mol. The van der Waals surface area contributed by atoms with Gasteiger partial charge < -0.3 is 15.8 Å². The van der Waals surface area contributed by atoms with Gasteiger partial charge in [-0.05, 0) is 47.7 Å². The number of guanidine groups is 1. The number of nitrogens with one attached hydrogen (secondary N) is 3. The van der Waals surface area contributed by atoms with Gasteiger partial charge in [0.15, 0.2) is 17.5 Å². The van der Waals surface area contributed by atoms with Gasteiger partial charge in [-0.3, -0.25) is 19.6 Å². The normalized spacial score (nSPS) is 15.3. The maximum Gasteiger partial charge on any atom is 0.245 e. The van der Waals surface area contributed by atoms with E-state index in [4.69, 9.17) is 10.5 Å². The van der Waals surface area contributed by atoms with Crippen molar-refractivity contribution < 1.29 is 27.1 Å². The molecule has 1 aliphatic carbocycles. The van der Waals surface area contributed by atoms with Crippen molar-refractivity contribution in [3.8, 4) is 5.75 Å². The molecule has 0 spiro atoms. The topological polar surface area (TPSA) is 152 Å². The van der Waals surface area contributed by atoms with Crippen LogP contribution < -0.4 is 25.8 Å². The Morgan fingerprint density at radius 1 is 1.13 bits per heavy atom. The van der Waals surface area contributed by atoms with Crippen LogP contribution >= 0.6 is 0 Å². The number of rotatable bonds is 11. The number of carbonyl (C=O) groups is 2. The zero-order chi connectivity index (χ0) is 28.4. The Morgan fingerprint density at radius 2 is 1.87 bits per heavy atom. The van der Waals surface area contributed by atoms with Gasteiger partial charge >= 0.3 is 0 Å². The second kappa shape index (κ2) is 13.9. The maximum atomic E-state index is 13.7. The van der Waals surface area contributed by atoms with Gasteiger partial charge in [0.2, 0.25) is 21.8 Å². The third-order valence-electron chi connectivity index (χ3n) is 6.42. The van der Waals surface area contributed by atoms with E-state index in [1.54, 1.807) is 30.3 Å². The minimum Gasteiger partial charge on any atom is -0.494 e. The summed E-state index contributed by atoms with van der Waals surface area (Å²) in [6.45, 7) is 0.149. The van der Waals surface area contributed by atoms with Crippen molar-refractivity contribution in [2.75, 3.05) is 18.1 Å². The number of amides is 2. The summed E-state index contributed by atoms with van der Waals surface area (Å²) in [4.78, 5) is 30.1. The number of anilines is 1. The van der Waals surface area contributed by atoms with E-state index in [9.17, 15) is 22.4 Å². The Hall–Kier alpha value is -3.67. The van der Waals surface area contributed by atoms with E-state index >= 15 is 0 Å². The Balaban J connectivity index is 1.66. The summed E-state index contributed by atoms with van der Waals surface area (Å²) < 4.78 is 44.0. The van der Waals surface area contributed by atoms with Crippen LogP contribution in [0.5, 0.6) is 5.75 Å². The first kappa shape index (κ1) is 29.9. The van der Waals surface area contributed by atoms with Crippen LogP contribution in [0, 0.1) is 11.7 Å². The van der Waals surface area contributed by atoms with Gasteiger partial charge in [0.1, 0.15) is 6.04 Å². The van der Waals surface area contributed by atoms with Crippen molar-refractivity contribution in [3.05, 3.63) is 59.4 Å². The summed E-state index contributed by atoms with van der Waals surface area (Å²) in [5.74, 6) is -1.07. The van der Waals surface area contributed by atoms with Crippen LogP contribution in [-0.2, 0) is 32.6 Å². The van der Waals surface area contributed by atoms with Gasteiger partial charge in [-0.1, -0.05) is 50.3 Å². The lowest BCUT2D eigenvalue weighted by Crippen LogP contribution is -2.42. The second-order valence-electron chi connectivity index (χ2n) is 9.76. The van der Waals surface area contributed by atoms with Gasteiger partial charge in [0.05, 0.1) is 19.8 Å². The van der Waals surface area contributed by atoms with Crippen molar-refractivity contribution in [2.45, 2.75) is 57.5 Å². The summed E-state index contributed by atoms with van der Waals surface area (Å²) in [5, 5.41) is 5.36. The van der Waals surface area contributed by atoms with Crippen LogP contribution in [0.2, 0.25) is 0 Å². The highest BCUT2D eigenvalue weighted by Gasteiger charge is 2.25. The van der Waals surface area contributed by atoms with Gasteiger partial charge in [-0.25, -0.2) is 17.8 Å². The molecule has 1 saturated carbocycles. The van der Waals surface area contributed by atoms with Crippen molar-refractivity contribution in [1.82, 2.24) is 10.6 Å². The quantitative estimate of drug-likeness (QED) is 0.245. The number of hydrogen-bond acceptors (Lipinski definition) is 6. The number of nitrogens with zero attached hydrogens (tertiary/aromatic N) is 1. The van der Waals surface area contributed by atoms with Crippen molar-refractivity contribution in [2.24, 2.45) is 16.6 Å². The molecular formula is C27H36FN5O5S. The summed E-state index contributed by atoms with van der Waals surface area (Å²) >= 11 is 0. The van der Waals surface area contributed by atoms with E-state index in [1.165, 1.54) is 25.7 Å². The number of hydrogen-bond donors (Lipinski definition) is 4.